The number of piperidine rings is 1. The second kappa shape index (κ2) is 8.37. The van der Waals surface area contributed by atoms with Gasteiger partial charge < -0.3 is 15.4 Å². The lowest BCUT2D eigenvalue weighted by Crippen LogP contribution is -2.42. The highest BCUT2D eigenvalue weighted by Crippen LogP contribution is 2.33. The summed E-state index contributed by atoms with van der Waals surface area (Å²) < 4.78 is 5.51. The number of benzene rings is 2. The number of para-hydroxylation sites is 1. The van der Waals surface area contributed by atoms with Crippen LogP contribution in [0.5, 0.6) is 5.75 Å². The topological polar surface area (TPSA) is 50.4 Å². The number of methoxy groups -OCH3 is 1. The minimum atomic E-state index is -0.348. The molecule has 0 aromatic heterocycles. The Morgan fingerprint density at radius 3 is 2.60 bits per heavy atom. The first-order valence-electron chi connectivity index (χ1n) is 8.59. The molecule has 0 bridgehead atoms. The van der Waals surface area contributed by atoms with Gasteiger partial charge in [-0.05, 0) is 37.1 Å². The van der Waals surface area contributed by atoms with Crippen LogP contribution in [0, 0.1) is 5.92 Å². The first-order valence-corrected chi connectivity index (χ1v) is 8.97. The molecule has 2 unspecified atom stereocenters. The molecule has 1 heterocycles. The Labute approximate surface area is 153 Å². The summed E-state index contributed by atoms with van der Waals surface area (Å²) in [7, 11) is 1.63. The quantitative estimate of drug-likeness (QED) is 0.859. The molecule has 1 fully saturated rings. The molecule has 0 saturated carbocycles. The molecule has 2 atom stereocenters. The zero-order valence-corrected chi connectivity index (χ0v) is 15.1. The lowest BCUT2D eigenvalue weighted by molar-refractivity contribution is -0.126. The monoisotopic (exact) mass is 358 g/mol. The molecule has 1 amide bonds. The highest BCUT2D eigenvalue weighted by molar-refractivity contribution is 6.31. The Morgan fingerprint density at radius 1 is 1.20 bits per heavy atom. The van der Waals surface area contributed by atoms with Crippen molar-refractivity contribution in [3.63, 3.8) is 0 Å². The molecule has 0 aliphatic carbocycles. The van der Waals surface area contributed by atoms with Gasteiger partial charge in [0.25, 0.3) is 0 Å². The molecule has 1 aliphatic rings. The third-order valence-corrected chi connectivity index (χ3v) is 4.96. The Morgan fingerprint density at radius 2 is 1.92 bits per heavy atom. The standard InChI is InChI=1S/C20H23ClN2O2/c1-25-18-11-5-3-9-16(18)19(15-8-2-4-10-17(15)21)23-20(24)14-7-6-12-22-13-14/h2-5,8-11,14,19,22H,6-7,12-13H2,1H3,(H,23,24). The number of halogens is 1. The summed E-state index contributed by atoms with van der Waals surface area (Å²) in [6.07, 6.45) is 1.92. The largest absolute Gasteiger partial charge is 0.496 e. The van der Waals surface area contributed by atoms with E-state index in [4.69, 9.17) is 16.3 Å². The van der Waals surface area contributed by atoms with E-state index in [0.717, 1.165) is 36.3 Å². The van der Waals surface area contributed by atoms with Gasteiger partial charge in [-0.15, -0.1) is 0 Å². The average Bonchev–Trinajstić information content (AvgIpc) is 2.67. The molecule has 2 aromatic rings. The van der Waals surface area contributed by atoms with E-state index >= 15 is 0 Å². The van der Waals surface area contributed by atoms with Gasteiger partial charge in [-0.2, -0.15) is 0 Å². The van der Waals surface area contributed by atoms with Gasteiger partial charge >= 0.3 is 0 Å². The molecule has 0 spiro atoms. The van der Waals surface area contributed by atoms with Crippen molar-refractivity contribution in [1.82, 2.24) is 10.6 Å². The Kier molecular flexibility index (Phi) is 5.95. The van der Waals surface area contributed by atoms with E-state index in [0.29, 0.717) is 11.6 Å². The number of carbonyl (C=O) groups excluding carboxylic acids is 1. The molecule has 25 heavy (non-hydrogen) atoms. The van der Waals surface area contributed by atoms with Crippen LogP contribution >= 0.6 is 11.6 Å². The SMILES string of the molecule is COc1ccccc1C(NC(=O)C1CCCNC1)c1ccccc1Cl. The molecule has 1 aliphatic heterocycles. The van der Waals surface area contributed by atoms with Gasteiger partial charge in [-0.1, -0.05) is 48.0 Å². The first-order chi connectivity index (χ1) is 12.2. The van der Waals surface area contributed by atoms with Crippen molar-refractivity contribution in [3.05, 3.63) is 64.7 Å². The van der Waals surface area contributed by atoms with Crippen molar-refractivity contribution in [3.8, 4) is 5.75 Å². The number of rotatable bonds is 5. The molecule has 1 saturated heterocycles. The van der Waals surface area contributed by atoms with Crippen LogP contribution in [0.25, 0.3) is 0 Å². The van der Waals surface area contributed by atoms with Gasteiger partial charge in [-0.3, -0.25) is 4.79 Å². The van der Waals surface area contributed by atoms with E-state index < -0.39 is 0 Å². The maximum Gasteiger partial charge on any atom is 0.225 e. The van der Waals surface area contributed by atoms with Crippen LogP contribution in [-0.2, 0) is 4.79 Å². The summed E-state index contributed by atoms with van der Waals surface area (Å²) in [5, 5.41) is 7.11. The number of nitrogens with one attached hydrogen (secondary N) is 2. The van der Waals surface area contributed by atoms with Crippen molar-refractivity contribution in [1.29, 1.82) is 0 Å². The zero-order chi connectivity index (χ0) is 17.6. The van der Waals surface area contributed by atoms with Gasteiger partial charge in [0.05, 0.1) is 19.1 Å². The summed E-state index contributed by atoms with van der Waals surface area (Å²) >= 11 is 6.43. The molecular weight excluding hydrogens is 336 g/mol. The van der Waals surface area contributed by atoms with E-state index in [1.54, 1.807) is 7.11 Å². The van der Waals surface area contributed by atoms with E-state index in [-0.39, 0.29) is 17.9 Å². The van der Waals surface area contributed by atoms with Gasteiger partial charge in [0.1, 0.15) is 5.75 Å². The van der Waals surface area contributed by atoms with Crippen LogP contribution in [0.4, 0.5) is 0 Å². The molecule has 3 rings (SSSR count). The molecule has 2 N–H and O–H groups in total. The fourth-order valence-corrected chi connectivity index (χ4v) is 3.52. The second-order valence-corrected chi connectivity index (χ2v) is 6.66. The maximum atomic E-state index is 12.8. The highest BCUT2D eigenvalue weighted by Gasteiger charge is 2.27. The summed E-state index contributed by atoms with van der Waals surface area (Å²) in [6.45, 7) is 1.69. The fourth-order valence-electron chi connectivity index (χ4n) is 3.27. The number of hydrogen-bond acceptors (Lipinski definition) is 3. The van der Waals surface area contributed by atoms with Crippen molar-refractivity contribution in [2.75, 3.05) is 20.2 Å². The number of carbonyl (C=O) groups is 1. The lowest BCUT2D eigenvalue weighted by Gasteiger charge is -2.27. The maximum absolute atomic E-state index is 12.8. The third-order valence-electron chi connectivity index (χ3n) is 4.62. The molecular formula is C20H23ClN2O2. The number of hydrogen-bond donors (Lipinski definition) is 2. The van der Waals surface area contributed by atoms with E-state index in [9.17, 15) is 4.79 Å². The van der Waals surface area contributed by atoms with Gasteiger partial charge in [0.2, 0.25) is 5.91 Å². The van der Waals surface area contributed by atoms with Crippen LogP contribution in [0.1, 0.15) is 30.0 Å². The van der Waals surface area contributed by atoms with Crippen molar-refractivity contribution < 1.29 is 9.53 Å². The van der Waals surface area contributed by atoms with Gasteiger partial charge in [0, 0.05) is 17.1 Å². The predicted octanol–water partition coefficient (Wildman–Crippen LogP) is 3.55. The fraction of sp³-hybridized carbons (Fsp3) is 0.350. The van der Waals surface area contributed by atoms with Gasteiger partial charge in [-0.25, -0.2) is 0 Å². The predicted molar refractivity (Wildman–Crippen MR) is 100 cm³/mol. The summed E-state index contributed by atoms with van der Waals surface area (Å²) in [5.41, 5.74) is 1.76. The van der Waals surface area contributed by atoms with E-state index in [1.807, 2.05) is 48.5 Å². The number of ether oxygens (including phenoxy) is 1. The van der Waals surface area contributed by atoms with E-state index in [1.165, 1.54) is 0 Å². The van der Waals surface area contributed by atoms with Crippen LogP contribution in [0.15, 0.2) is 48.5 Å². The minimum Gasteiger partial charge on any atom is -0.496 e. The average molecular weight is 359 g/mol. The Hall–Kier alpha value is -2.04. The summed E-state index contributed by atoms with van der Waals surface area (Å²) in [4.78, 5) is 12.8. The van der Waals surface area contributed by atoms with Gasteiger partial charge in [0.15, 0.2) is 0 Å². The van der Waals surface area contributed by atoms with E-state index in [2.05, 4.69) is 10.6 Å². The number of amides is 1. The van der Waals surface area contributed by atoms with Crippen LogP contribution in [0.3, 0.4) is 0 Å². The van der Waals surface area contributed by atoms with Crippen LogP contribution < -0.4 is 15.4 Å². The smallest absolute Gasteiger partial charge is 0.225 e. The summed E-state index contributed by atoms with van der Waals surface area (Å²) in [6, 6.07) is 15.0. The van der Waals surface area contributed by atoms with Crippen molar-refractivity contribution >= 4 is 17.5 Å². The molecule has 0 radical (unpaired) electrons. The third kappa shape index (κ3) is 4.14. The summed E-state index contributed by atoms with van der Waals surface area (Å²) in [5.74, 6) is 0.756. The molecule has 5 heteroatoms. The molecule has 2 aromatic carbocycles. The van der Waals surface area contributed by atoms with Crippen molar-refractivity contribution in [2.45, 2.75) is 18.9 Å². The normalized spacial score (nSPS) is 18.4. The Balaban J connectivity index is 1.94. The zero-order valence-electron chi connectivity index (χ0n) is 14.3. The van der Waals surface area contributed by atoms with Crippen LogP contribution in [0.2, 0.25) is 5.02 Å². The highest BCUT2D eigenvalue weighted by atomic mass is 35.5. The molecule has 4 nitrogen and oxygen atoms in total. The molecule has 132 valence electrons. The van der Waals surface area contributed by atoms with Crippen LogP contribution in [-0.4, -0.2) is 26.1 Å². The minimum absolute atomic E-state index is 0.0200. The second-order valence-electron chi connectivity index (χ2n) is 6.25. The lowest BCUT2D eigenvalue weighted by atomic mass is 9.94. The first kappa shape index (κ1) is 17.8. The Bertz CT molecular complexity index is 729. The van der Waals surface area contributed by atoms with Crippen molar-refractivity contribution in [2.24, 2.45) is 5.92 Å².